The van der Waals surface area contributed by atoms with Crippen LogP contribution in [0.1, 0.15) is 6.42 Å². The molecule has 1 N–H and O–H groups in total. The predicted molar refractivity (Wildman–Crippen MR) is 59.0 cm³/mol. The fraction of sp³-hybridized carbons (Fsp3) is 0.714. The van der Waals surface area contributed by atoms with Gasteiger partial charge in [-0.2, -0.15) is 0 Å². The van der Waals surface area contributed by atoms with E-state index >= 15 is 0 Å². The number of nitrogens with one attached hydrogen (secondary N) is 1. The maximum Gasteiger partial charge on any atom is 0.215 e. The molecule has 0 radical (unpaired) electrons. The van der Waals surface area contributed by atoms with E-state index in [9.17, 15) is 16.8 Å². The summed E-state index contributed by atoms with van der Waals surface area (Å²) in [4.78, 5) is 0. The Morgan fingerprint density at radius 1 is 1.53 bits per heavy atom. The Labute approximate surface area is 94.5 Å². The zero-order valence-electron chi connectivity index (χ0n) is 7.94. The van der Waals surface area contributed by atoms with Crippen molar-refractivity contribution in [2.24, 2.45) is 0 Å². The molecule has 0 aromatic carbocycles. The average molecular weight is 274 g/mol. The maximum atomic E-state index is 11.5. The van der Waals surface area contributed by atoms with Gasteiger partial charge in [-0.25, -0.2) is 21.6 Å². The number of hydrogen-bond acceptors (Lipinski definition) is 4. The minimum absolute atomic E-state index is 0.0690. The van der Waals surface area contributed by atoms with Crippen LogP contribution in [-0.4, -0.2) is 40.1 Å². The second kappa shape index (κ2) is 4.40. The third kappa shape index (κ3) is 3.75. The van der Waals surface area contributed by atoms with Crippen molar-refractivity contribution in [3.05, 3.63) is 11.6 Å². The van der Waals surface area contributed by atoms with Gasteiger partial charge in [-0.1, -0.05) is 18.2 Å². The first-order chi connectivity index (χ1) is 6.73. The van der Waals surface area contributed by atoms with Crippen LogP contribution in [0.3, 0.4) is 0 Å². The molecule has 1 saturated heterocycles. The van der Waals surface area contributed by atoms with Crippen molar-refractivity contribution in [2.45, 2.75) is 11.7 Å². The fourth-order valence-corrected chi connectivity index (χ4v) is 5.52. The quantitative estimate of drug-likeness (QED) is 0.772. The SMILES string of the molecule is C=C(Cl)CNS(=O)(=O)C1CCS(=O)(=O)C1. The Hall–Kier alpha value is -0.110. The fourth-order valence-electron chi connectivity index (χ4n) is 1.30. The van der Waals surface area contributed by atoms with Crippen LogP contribution in [0.2, 0.25) is 0 Å². The van der Waals surface area contributed by atoms with Gasteiger partial charge in [-0.3, -0.25) is 0 Å². The molecular weight excluding hydrogens is 262 g/mol. The summed E-state index contributed by atoms with van der Waals surface area (Å²) < 4.78 is 47.5. The van der Waals surface area contributed by atoms with Gasteiger partial charge in [0.15, 0.2) is 9.84 Å². The molecule has 1 aliphatic heterocycles. The van der Waals surface area contributed by atoms with Crippen LogP contribution >= 0.6 is 11.6 Å². The summed E-state index contributed by atoms with van der Waals surface area (Å²) in [5.74, 6) is -0.377. The van der Waals surface area contributed by atoms with Crippen LogP contribution in [-0.2, 0) is 19.9 Å². The van der Waals surface area contributed by atoms with Crippen LogP contribution < -0.4 is 4.72 Å². The zero-order chi connectivity index (χ0) is 11.7. The molecule has 1 rings (SSSR count). The van der Waals surface area contributed by atoms with Crippen LogP contribution in [0.5, 0.6) is 0 Å². The van der Waals surface area contributed by atoms with E-state index in [4.69, 9.17) is 11.6 Å². The number of sulfone groups is 1. The second-order valence-corrected chi connectivity index (χ2v) is 8.22. The van der Waals surface area contributed by atoms with Crippen LogP contribution in [0, 0.1) is 0 Å². The lowest BCUT2D eigenvalue weighted by atomic mass is 10.4. The van der Waals surface area contributed by atoms with Crippen LogP contribution in [0.25, 0.3) is 0 Å². The van der Waals surface area contributed by atoms with Gasteiger partial charge in [0, 0.05) is 11.6 Å². The van der Waals surface area contributed by atoms with Crippen molar-refractivity contribution >= 4 is 31.5 Å². The van der Waals surface area contributed by atoms with E-state index in [1.54, 1.807) is 0 Å². The molecule has 0 aromatic heterocycles. The lowest BCUT2D eigenvalue weighted by molar-refractivity contribution is 0.571. The van der Waals surface area contributed by atoms with Crippen molar-refractivity contribution in [3.8, 4) is 0 Å². The molecule has 8 heteroatoms. The van der Waals surface area contributed by atoms with E-state index < -0.39 is 25.1 Å². The van der Waals surface area contributed by atoms with E-state index in [0.29, 0.717) is 0 Å². The highest BCUT2D eigenvalue weighted by Crippen LogP contribution is 2.18. The second-order valence-electron chi connectivity index (χ2n) is 3.41. The Balaban J connectivity index is 2.68. The van der Waals surface area contributed by atoms with E-state index in [2.05, 4.69) is 11.3 Å². The van der Waals surface area contributed by atoms with Crippen LogP contribution in [0.4, 0.5) is 0 Å². The summed E-state index contributed by atoms with van der Waals surface area (Å²) in [6.45, 7) is 3.26. The summed E-state index contributed by atoms with van der Waals surface area (Å²) in [5, 5.41) is -0.696. The van der Waals surface area contributed by atoms with E-state index in [-0.39, 0.29) is 29.5 Å². The topological polar surface area (TPSA) is 80.3 Å². The van der Waals surface area contributed by atoms with Gasteiger partial charge in [0.05, 0.1) is 16.8 Å². The van der Waals surface area contributed by atoms with Gasteiger partial charge in [0.2, 0.25) is 10.0 Å². The molecule has 1 heterocycles. The number of hydrogen-bond donors (Lipinski definition) is 1. The normalized spacial score (nSPS) is 25.3. The largest absolute Gasteiger partial charge is 0.229 e. The van der Waals surface area contributed by atoms with E-state index in [1.807, 2.05) is 0 Å². The van der Waals surface area contributed by atoms with E-state index in [0.717, 1.165) is 0 Å². The van der Waals surface area contributed by atoms with Gasteiger partial charge in [-0.15, -0.1) is 0 Å². The summed E-state index contributed by atoms with van der Waals surface area (Å²) in [6, 6.07) is 0. The third-order valence-electron chi connectivity index (χ3n) is 2.09. The maximum absolute atomic E-state index is 11.5. The van der Waals surface area contributed by atoms with Gasteiger partial charge < -0.3 is 0 Å². The minimum Gasteiger partial charge on any atom is -0.229 e. The predicted octanol–water partition coefficient (Wildman–Crippen LogP) is -0.155. The molecule has 88 valence electrons. The molecule has 5 nitrogen and oxygen atoms in total. The van der Waals surface area contributed by atoms with Gasteiger partial charge in [0.1, 0.15) is 0 Å². The molecule has 0 aromatic rings. The highest BCUT2D eigenvalue weighted by atomic mass is 35.5. The Morgan fingerprint density at radius 3 is 2.53 bits per heavy atom. The van der Waals surface area contributed by atoms with Crippen molar-refractivity contribution < 1.29 is 16.8 Å². The molecule has 1 unspecified atom stereocenters. The Morgan fingerprint density at radius 2 is 2.13 bits per heavy atom. The monoisotopic (exact) mass is 273 g/mol. The summed E-state index contributed by atoms with van der Waals surface area (Å²) in [6.07, 6.45) is 0.145. The molecule has 1 atom stereocenters. The first-order valence-corrected chi connectivity index (χ1v) is 8.00. The van der Waals surface area contributed by atoms with Gasteiger partial charge >= 0.3 is 0 Å². The molecule has 0 amide bonds. The third-order valence-corrected chi connectivity index (χ3v) is 6.03. The average Bonchev–Trinajstić information content (AvgIpc) is 2.43. The van der Waals surface area contributed by atoms with E-state index in [1.165, 1.54) is 0 Å². The Bertz CT molecular complexity index is 453. The molecule has 0 saturated carbocycles. The summed E-state index contributed by atoms with van der Waals surface area (Å²) in [5.41, 5.74) is 0. The minimum atomic E-state index is -3.60. The highest BCUT2D eigenvalue weighted by molar-refractivity contribution is 7.95. The first-order valence-electron chi connectivity index (χ1n) is 4.25. The molecule has 0 spiro atoms. The molecule has 0 bridgehead atoms. The lowest BCUT2D eigenvalue weighted by Crippen LogP contribution is -2.35. The van der Waals surface area contributed by atoms with Crippen molar-refractivity contribution in [2.75, 3.05) is 18.1 Å². The molecule has 1 aliphatic rings. The molecule has 1 fully saturated rings. The lowest BCUT2D eigenvalue weighted by Gasteiger charge is -2.10. The van der Waals surface area contributed by atoms with Gasteiger partial charge in [-0.05, 0) is 6.42 Å². The Kier molecular flexibility index (Phi) is 3.80. The molecule has 0 aliphatic carbocycles. The van der Waals surface area contributed by atoms with Crippen molar-refractivity contribution in [1.82, 2.24) is 4.72 Å². The van der Waals surface area contributed by atoms with Gasteiger partial charge in [0.25, 0.3) is 0 Å². The van der Waals surface area contributed by atoms with Crippen LogP contribution in [0.15, 0.2) is 11.6 Å². The van der Waals surface area contributed by atoms with Crippen molar-refractivity contribution in [3.63, 3.8) is 0 Å². The molecule has 15 heavy (non-hydrogen) atoms. The zero-order valence-corrected chi connectivity index (χ0v) is 10.3. The smallest absolute Gasteiger partial charge is 0.215 e. The summed E-state index contributed by atoms with van der Waals surface area (Å²) in [7, 11) is -6.79. The standard InChI is InChI=1S/C7H12ClNO4S2/c1-6(8)4-9-15(12,13)7-2-3-14(10,11)5-7/h7,9H,1-5H2. The van der Waals surface area contributed by atoms with Crippen molar-refractivity contribution in [1.29, 1.82) is 0 Å². The molecular formula is C7H12ClNO4S2. The number of sulfonamides is 1. The highest BCUT2D eigenvalue weighted by Gasteiger charge is 2.36. The number of halogens is 1. The first kappa shape index (κ1) is 13.0. The number of rotatable bonds is 4. The summed E-state index contributed by atoms with van der Waals surface area (Å²) >= 11 is 5.41.